The number of amides is 1. The average molecular weight is 420 g/mol. The summed E-state index contributed by atoms with van der Waals surface area (Å²) < 4.78 is 13.3. The number of phenols is 1. The Hall–Kier alpha value is -3.77. The number of aromatic hydroxyl groups is 1. The number of hydrogen-bond donors (Lipinski definition) is 2. The number of rotatable bonds is 5. The van der Waals surface area contributed by atoms with Crippen LogP contribution in [0, 0.1) is 11.3 Å². The first-order chi connectivity index (χ1) is 15.0. The van der Waals surface area contributed by atoms with Gasteiger partial charge in [-0.15, -0.1) is 10.2 Å². The van der Waals surface area contributed by atoms with Gasteiger partial charge in [0.05, 0.1) is 24.2 Å². The van der Waals surface area contributed by atoms with E-state index in [2.05, 4.69) is 32.7 Å². The highest BCUT2D eigenvalue weighted by atomic mass is 19.1. The zero-order chi connectivity index (χ0) is 22.0. The molecule has 0 unspecified atom stereocenters. The topological polar surface area (TPSA) is 109 Å². The van der Waals surface area contributed by atoms with E-state index in [1.165, 1.54) is 4.90 Å². The molecule has 31 heavy (non-hydrogen) atoms. The third-order valence-electron chi connectivity index (χ3n) is 5.39. The van der Waals surface area contributed by atoms with Crippen LogP contribution in [0.15, 0.2) is 48.8 Å². The first-order valence-corrected chi connectivity index (χ1v) is 9.84. The van der Waals surface area contributed by atoms with E-state index in [4.69, 9.17) is 5.26 Å². The smallest absolute Gasteiger partial charge is 0.282 e. The van der Waals surface area contributed by atoms with Gasteiger partial charge in [-0.1, -0.05) is 18.7 Å². The van der Waals surface area contributed by atoms with E-state index in [0.29, 0.717) is 43.1 Å². The number of fused-ring (bicyclic) bond motifs is 1. The molecule has 0 aliphatic carbocycles. The lowest BCUT2D eigenvalue weighted by Gasteiger charge is -2.40. The van der Waals surface area contributed by atoms with E-state index < -0.39 is 17.8 Å². The van der Waals surface area contributed by atoms with Gasteiger partial charge in [0, 0.05) is 42.8 Å². The second-order valence-corrected chi connectivity index (χ2v) is 7.50. The first kappa shape index (κ1) is 20.5. The van der Waals surface area contributed by atoms with Crippen LogP contribution in [0.25, 0.3) is 22.3 Å². The van der Waals surface area contributed by atoms with Gasteiger partial charge in [0.25, 0.3) is 5.91 Å². The zero-order valence-electron chi connectivity index (χ0n) is 16.8. The lowest BCUT2D eigenvalue weighted by molar-refractivity contribution is -0.133. The minimum atomic E-state index is -1.01. The molecule has 1 fully saturated rings. The molecule has 9 heteroatoms. The molecule has 0 radical (unpaired) electrons. The van der Waals surface area contributed by atoms with Crippen molar-refractivity contribution in [2.45, 2.75) is 19.0 Å². The molecule has 2 aromatic heterocycles. The fourth-order valence-electron chi connectivity index (χ4n) is 3.90. The van der Waals surface area contributed by atoms with Gasteiger partial charge in [-0.05, 0) is 24.3 Å². The molecule has 1 aliphatic heterocycles. The van der Waals surface area contributed by atoms with Gasteiger partial charge in [0.2, 0.25) is 0 Å². The van der Waals surface area contributed by atoms with Gasteiger partial charge in [-0.3, -0.25) is 9.69 Å². The number of carbonyl (C=O) groups excluding carboxylic acids is 1. The van der Waals surface area contributed by atoms with Crippen molar-refractivity contribution in [2.75, 3.05) is 19.6 Å². The fourth-order valence-corrected chi connectivity index (χ4v) is 3.90. The van der Waals surface area contributed by atoms with E-state index >= 15 is 0 Å². The number of halogens is 1. The molecule has 3 heterocycles. The Bertz CT molecular complexity index is 1180. The molecule has 1 aliphatic rings. The van der Waals surface area contributed by atoms with Crippen molar-refractivity contribution in [1.29, 1.82) is 5.26 Å². The minimum absolute atomic E-state index is 0.123. The van der Waals surface area contributed by atoms with E-state index in [-0.39, 0.29) is 12.2 Å². The molecule has 1 aromatic carbocycles. The molecule has 1 atom stereocenters. The van der Waals surface area contributed by atoms with Crippen LogP contribution in [-0.2, 0) is 11.3 Å². The van der Waals surface area contributed by atoms with Gasteiger partial charge in [0.1, 0.15) is 5.75 Å². The summed E-state index contributed by atoms with van der Waals surface area (Å²) in [5, 5.41) is 28.5. The van der Waals surface area contributed by atoms with Gasteiger partial charge in [-0.2, -0.15) is 5.26 Å². The zero-order valence-corrected chi connectivity index (χ0v) is 16.8. The Morgan fingerprint density at radius 1 is 1.32 bits per heavy atom. The van der Waals surface area contributed by atoms with Crippen LogP contribution in [-0.4, -0.2) is 61.7 Å². The molecular weight excluding hydrogens is 399 g/mol. The summed E-state index contributed by atoms with van der Waals surface area (Å²) >= 11 is 0. The number of nitrogens with one attached hydrogen (secondary N) is 1. The molecule has 0 spiro atoms. The summed E-state index contributed by atoms with van der Waals surface area (Å²) in [5.41, 5.74) is 2.72. The molecule has 0 bridgehead atoms. The summed E-state index contributed by atoms with van der Waals surface area (Å²) in [6.45, 7) is 4.97. The molecule has 1 saturated heterocycles. The van der Waals surface area contributed by atoms with Crippen molar-refractivity contribution < 1.29 is 14.3 Å². The highest BCUT2D eigenvalue weighted by Crippen LogP contribution is 2.28. The van der Waals surface area contributed by atoms with E-state index in [1.54, 1.807) is 18.2 Å². The van der Waals surface area contributed by atoms with Gasteiger partial charge in [-0.25, -0.2) is 4.39 Å². The quantitative estimate of drug-likeness (QED) is 0.615. The highest BCUT2D eigenvalue weighted by Gasteiger charge is 2.31. The Kier molecular flexibility index (Phi) is 5.64. The van der Waals surface area contributed by atoms with Crippen LogP contribution in [0.1, 0.15) is 12.1 Å². The molecular formula is C22H21FN6O2. The first-order valence-electron chi connectivity index (χ1n) is 9.84. The Labute approximate surface area is 178 Å². The Morgan fingerprint density at radius 3 is 2.87 bits per heavy atom. The van der Waals surface area contributed by atoms with Crippen molar-refractivity contribution in [2.24, 2.45) is 0 Å². The third kappa shape index (κ3) is 4.25. The SMILES string of the molecule is C=C(F)C(=O)N1CCN(Cc2cc3cc(-c4ccccc4O)nnc3[nH]2)C[C@H]1CC#N. The number of nitriles is 1. The van der Waals surface area contributed by atoms with Gasteiger partial charge in [0.15, 0.2) is 11.5 Å². The van der Waals surface area contributed by atoms with Crippen LogP contribution < -0.4 is 0 Å². The van der Waals surface area contributed by atoms with E-state index in [0.717, 1.165) is 11.1 Å². The molecule has 4 rings (SSSR count). The molecule has 3 aromatic rings. The predicted octanol–water partition coefficient (Wildman–Crippen LogP) is 2.74. The predicted molar refractivity (Wildman–Crippen MR) is 112 cm³/mol. The lowest BCUT2D eigenvalue weighted by atomic mass is 10.1. The summed E-state index contributed by atoms with van der Waals surface area (Å²) in [6.07, 6.45) is 0.123. The largest absolute Gasteiger partial charge is 0.507 e. The monoisotopic (exact) mass is 420 g/mol. The number of H-pyrrole nitrogens is 1. The van der Waals surface area contributed by atoms with Gasteiger partial charge >= 0.3 is 0 Å². The summed E-state index contributed by atoms with van der Waals surface area (Å²) in [7, 11) is 0. The number of aromatic amines is 1. The van der Waals surface area contributed by atoms with Gasteiger partial charge < -0.3 is 15.0 Å². The summed E-state index contributed by atoms with van der Waals surface area (Å²) in [6, 6.07) is 12.5. The number of phenolic OH excluding ortho intramolecular Hbond substituents is 1. The van der Waals surface area contributed by atoms with Crippen molar-refractivity contribution in [3.63, 3.8) is 0 Å². The number of benzene rings is 1. The molecule has 0 saturated carbocycles. The van der Waals surface area contributed by atoms with Crippen molar-refractivity contribution in [1.82, 2.24) is 25.0 Å². The second-order valence-electron chi connectivity index (χ2n) is 7.50. The van der Waals surface area contributed by atoms with E-state index in [9.17, 15) is 14.3 Å². The van der Waals surface area contributed by atoms with Crippen LogP contribution >= 0.6 is 0 Å². The standard InChI is InChI=1S/C22H21FN6O2/c1-14(23)22(31)29-9-8-28(13-17(29)6-7-24)12-16-10-15-11-19(26-27-21(15)25-16)18-4-2-3-5-20(18)30/h2-5,10-11,17,30H,1,6,8-9,12-13H2,(H,25,27)/t17-/m1/s1. The Morgan fingerprint density at radius 2 is 2.13 bits per heavy atom. The van der Waals surface area contributed by atoms with Crippen molar-refractivity contribution in [3.8, 4) is 23.1 Å². The maximum atomic E-state index is 13.3. The Balaban J connectivity index is 1.51. The number of para-hydroxylation sites is 1. The van der Waals surface area contributed by atoms with Crippen molar-refractivity contribution in [3.05, 3.63) is 54.5 Å². The molecule has 158 valence electrons. The van der Waals surface area contributed by atoms with Crippen LogP contribution in [0.4, 0.5) is 4.39 Å². The highest BCUT2D eigenvalue weighted by molar-refractivity contribution is 5.91. The number of carbonyl (C=O) groups is 1. The van der Waals surface area contributed by atoms with Crippen molar-refractivity contribution >= 4 is 16.9 Å². The number of aromatic nitrogens is 3. The molecule has 2 N–H and O–H groups in total. The average Bonchev–Trinajstić information content (AvgIpc) is 3.15. The third-order valence-corrected chi connectivity index (χ3v) is 5.39. The molecule has 8 nitrogen and oxygen atoms in total. The van der Waals surface area contributed by atoms with Crippen LogP contribution in [0.2, 0.25) is 0 Å². The minimum Gasteiger partial charge on any atom is -0.507 e. The summed E-state index contributed by atoms with van der Waals surface area (Å²) in [5.74, 6) is -1.62. The van der Waals surface area contributed by atoms with Crippen LogP contribution in [0.3, 0.4) is 0 Å². The fraction of sp³-hybridized carbons (Fsp3) is 0.273. The van der Waals surface area contributed by atoms with E-state index in [1.807, 2.05) is 18.2 Å². The molecule has 1 amide bonds. The summed E-state index contributed by atoms with van der Waals surface area (Å²) in [4.78, 5) is 18.8. The second kappa shape index (κ2) is 8.53. The van der Waals surface area contributed by atoms with Crippen LogP contribution in [0.5, 0.6) is 5.75 Å². The maximum Gasteiger partial charge on any atom is 0.282 e. The number of hydrogen-bond acceptors (Lipinski definition) is 6. The normalized spacial score (nSPS) is 16.9. The lowest BCUT2D eigenvalue weighted by Crippen LogP contribution is -2.54. The number of nitrogens with zero attached hydrogens (tertiary/aromatic N) is 5. The number of piperazine rings is 1. The maximum absolute atomic E-state index is 13.3.